The van der Waals surface area contributed by atoms with Crippen molar-refractivity contribution in [3.8, 4) is 0 Å². The van der Waals surface area contributed by atoms with Crippen molar-refractivity contribution in [1.29, 1.82) is 0 Å². The Morgan fingerprint density at radius 1 is 1.40 bits per heavy atom. The largest absolute Gasteiger partial charge is 0.338 e. The Kier molecular flexibility index (Phi) is 4.13. The van der Waals surface area contributed by atoms with E-state index >= 15 is 0 Å². The molecule has 0 aliphatic heterocycles. The zero-order valence-corrected chi connectivity index (χ0v) is 14.3. The Hall–Kier alpha value is -2.83. The van der Waals surface area contributed by atoms with Gasteiger partial charge >= 0.3 is 6.03 Å². The molecule has 7 heteroatoms. The summed E-state index contributed by atoms with van der Waals surface area (Å²) in [5.74, 6) is 0. The van der Waals surface area contributed by atoms with Crippen LogP contribution in [0.15, 0.2) is 36.8 Å². The van der Waals surface area contributed by atoms with Gasteiger partial charge in [0.2, 0.25) is 0 Å². The van der Waals surface area contributed by atoms with E-state index in [4.69, 9.17) is 0 Å². The quantitative estimate of drug-likeness (QED) is 0.764. The summed E-state index contributed by atoms with van der Waals surface area (Å²) in [5, 5.41) is 10.3. The lowest BCUT2D eigenvalue weighted by atomic mass is 9.93. The number of rotatable bonds is 4. The summed E-state index contributed by atoms with van der Waals surface area (Å²) in [7, 11) is 1.95. The van der Waals surface area contributed by atoms with Crippen molar-refractivity contribution in [1.82, 2.24) is 29.8 Å². The molecule has 1 aliphatic rings. The molecule has 0 saturated heterocycles. The molecule has 3 aromatic heterocycles. The lowest BCUT2D eigenvalue weighted by molar-refractivity contribution is 0.235. The molecule has 3 aromatic rings. The Labute approximate surface area is 146 Å². The van der Waals surface area contributed by atoms with Crippen LogP contribution in [-0.4, -0.2) is 31.7 Å². The number of imidazole rings is 1. The fourth-order valence-corrected chi connectivity index (χ4v) is 3.48. The van der Waals surface area contributed by atoms with Crippen molar-refractivity contribution in [3.05, 3.63) is 53.7 Å². The van der Waals surface area contributed by atoms with Crippen molar-refractivity contribution in [2.75, 3.05) is 6.54 Å². The van der Waals surface area contributed by atoms with Gasteiger partial charge in [-0.1, -0.05) is 6.07 Å². The Balaban J connectivity index is 1.31. The second-order valence-corrected chi connectivity index (χ2v) is 6.46. The number of fused-ring (bicyclic) bond motifs is 2. The molecule has 2 N–H and O–H groups in total. The molecule has 0 spiro atoms. The molecule has 7 nitrogen and oxygen atoms in total. The van der Waals surface area contributed by atoms with Crippen LogP contribution < -0.4 is 10.6 Å². The van der Waals surface area contributed by atoms with Crippen LogP contribution in [-0.2, 0) is 19.9 Å². The summed E-state index contributed by atoms with van der Waals surface area (Å²) < 4.78 is 3.89. The third-order valence-electron chi connectivity index (χ3n) is 4.76. The number of hydrogen-bond donors (Lipinski definition) is 2. The smallest absolute Gasteiger partial charge is 0.315 e. The molecule has 0 aromatic carbocycles. The number of nitrogens with zero attached hydrogens (tertiary/aromatic N) is 4. The van der Waals surface area contributed by atoms with Gasteiger partial charge in [0.05, 0.1) is 17.9 Å². The number of aromatic nitrogens is 4. The van der Waals surface area contributed by atoms with Crippen molar-refractivity contribution in [2.24, 2.45) is 7.05 Å². The fourth-order valence-electron chi connectivity index (χ4n) is 3.48. The highest BCUT2D eigenvalue weighted by Crippen LogP contribution is 2.28. The van der Waals surface area contributed by atoms with Crippen molar-refractivity contribution in [2.45, 2.75) is 31.7 Å². The maximum atomic E-state index is 12.2. The van der Waals surface area contributed by atoms with E-state index in [0.29, 0.717) is 13.0 Å². The van der Waals surface area contributed by atoms with Crippen LogP contribution in [0, 0.1) is 0 Å². The van der Waals surface area contributed by atoms with E-state index in [1.54, 1.807) is 0 Å². The SMILES string of the molecule is Cn1ncc2c1CCC[C@H]2NC(=O)NCCc1cn2ccccc2n1. The van der Waals surface area contributed by atoms with Crippen LogP contribution in [0.25, 0.3) is 5.65 Å². The molecule has 130 valence electrons. The van der Waals surface area contributed by atoms with E-state index < -0.39 is 0 Å². The van der Waals surface area contributed by atoms with E-state index in [2.05, 4.69) is 20.7 Å². The molecule has 1 aliphatic carbocycles. The highest BCUT2D eigenvalue weighted by molar-refractivity contribution is 5.74. The van der Waals surface area contributed by atoms with Crippen LogP contribution in [0.1, 0.15) is 35.8 Å². The van der Waals surface area contributed by atoms with Gasteiger partial charge in [-0.05, 0) is 31.4 Å². The molecule has 0 bridgehead atoms. The summed E-state index contributed by atoms with van der Waals surface area (Å²) in [6.45, 7) is 0.558. The number of carbonyl (C=O) groups is 1. The molecule has 0 unspecified atom stereocenters. The lowest BCUT2D eigenvalue weighted by Gasteiger charge is -2.23. The maximum absolute atomic E-state index is 12.2. The number of amides is 2. The minimum absolute atomic E-state index is 0.0487. The Bertz CT molecular complexity index is 863. The first-order chi connectivity index (χ1) is 12.2. The molecule has 1 atom stereocenters. The first kappa shape index (κ1) is 15.7. The van der Waals surface area contributed by atoms with E-state index in [1.807, 2.05) is 52.9 Å². The molecule has 2 amide bonds. The maximum Gasteiger partial charge on any atom is 0.315 e. The molecular weight excluding hydrogens is 316 g/mol. The average molecular weight is 338 g/mol. The van der Waals surface area contributed by atoms with Crippen LogP contribution in [0.5, 0.6) is 0 Å². The van der Waals surface area contributed by atoms with Gasteiger partial charge in [0, 0.05) is 43.7 Å². The van der Waals surface area contributed by atoms with Gasteiger partial charge in [-0.3, -0.25) is 4.68 Å². The lowest BCUT2D eigenvalue weighted by Crippen LogP contribution is -2.39. The number of carbonyl (C=O) groups excluding carboxylic acids is 1. The predicted molar refractivity (Wildman–Crippen MR) is 94.3 cm³/mol. The van der Waals surface area contributed by atoms with Crippen LogP contribution in [0.2, 0.25) is 0 Å². The van der Waals surface area contributed by atoms with Gasteiger partial charge in [0.25, 0.3) is 0 Å². The Morgan fingerprint density at radius 2 is 2.32 bits per heavy atom. The highest BCUT2D eigenvalue weighted by Gasteiger charge is 2.24. The molecule has 0 saturated carbocycles. The van der Waals surface area contributed by atoms with Gasteiger partial charge in [0.15, 0.2) is 0 Å². The summed E-state index contributed by atoms with van der Waals surface area (Å²) in [6.07, 6.45) is 9.60. The second kappa shape index (κ2) is 6.58. The molecule has 3 heterocycles. The number of hydrogen-bond acceptors (Lipinski definition) is 3. The van der Waals surface area contributed by atoms with Gasteiger partial charge < -0.3 is 15.0 Å². The van der Waals surface area contributed by atoms with E-state index in [9.17, 15) is 4.79 Å². The van der Waals surface area contributed by atoms with E-state index in [1.165, 1.54) is 5.69 Å². The topological polar surface area (TPSA) is 76.2 Å². The van der Waals surface area contributed by atoms with Crippen molar-refractivity contribution >= 4 is 11.7 Å². The fraction of sp³-hybridized carbons (Fsp3) is 0.389. The van der Waals surface area contributed by atoms with Gasteiger partial charge in [-0.25, -0.2) is 9.78 Å². The molecule has 4 rings (SSSR count). The van der Waals surface area contributed by atoms with E-state index in [-0.39, 0.29) is 12.1 Å². The van der Waals surface area contributed by atoms with E-state index in [0.717, 1.165) is 36.2 Å². The summed E-state index contributed by atoms with van der Waals surface area (Å²) in [5.41, 5.74) is 4.26. The standard InChI is InChI=1S/C18H22N6O/c1-23-16-6-4-5-15(14(16)11-20-23)22-18(25)19-9-8-13-12-24-10-3-2-7-17(24)21-13/h2-3,7,10-12,15H,4-6,8-9H2,1H3,(H2,19,22,25)/t15-/m1/s1. The van der Waals surface area contributed by atoms with Crippen molar-refractivity contribution in [3.63, 3.8) is 0 Å². The number of pyridine rings is 1. The third kappa shape index (κ3) is 3.22. The number of urea groups is 1. The molecular formula is C18H22N6O. The zero-order chi connectivity index (χ0) is 17.2. The van der Waals surface area contributed by atoms with Gasteiger partial charge in [-0.15, -0.1) is 0 Å². The number of aryl methyl sites for hydroxylation is 1. The average Bonchev–Trinajstić information content (AvgIpc) is 3.19. The predicted octanol–water partition coefficient (Wildman–Crippen LogP) is 1.99. The molecule has 25 heavy (non-hydrogen) atoms. The van der Waals surface area contributed by atoms with Crippen LogP contribution in [0.3, 0.4) is 0 Å². The minimum atomic E-state index is -0.134. The first-order valence-corrected chi connectivity index (χ1v) is 8.68. The van der Waals surface area contributed by atoms with Crippen LogP contribution in [0.4, 0.5) is 4.79 Å². The van der Waals surface area contributed by atoms with Crippen molar-refractivity contribution < 1.29 is 4.79 Å². The third-order valence-corrected chi connectivity index (χ3v) is 4.76. The minimum Gasteiger partial charge on any atom is -0.338 e. The number of nitrogens with one attached hydrogen (secondary N) is 2. The summed E-state index contributed by atoms with van der Waals surface area (Å²) in [4.78, 5) is 16.8. The normalized spacial score (nSPS) is 16.6. The summed E-state index contributed by atoms with van der Waals surface area (Å²) in [6, 6.07) is 5.83. The zero-order valence-electron chi connectivity index (χ0n) is 14.3. The summed E-state index contributed by atoms with van der Waals surface area (Å²) >= 11 is 0. The Morgan fingerprint density at radius 3 is 3.20 bits per heavy atom. The van der Waals surface area contributed by atoms with Gasteiger partial charge in [-0.2, -0.15) is 5.10 Å². The first-order valence-electron chi connectivity index (χ1n) is 8.68. The second-order valence-electron chi connectivity index (χ2n) is 6.46. The van der Waals surface area contributed by atoms with Gasteiger partial charge in [0.1, 0.15) is 5.65 Å². The molecule has 0 radical (unpaired) electrons. The van der Waals surface area contributed by atoms with Crippen LogP contribution >= 0.6 is 0 Å². The highest BCUT2D eigenvalue weighted by atomic mass is 16.2. The monoisotopic (exact) mass is 338 g/mol. The molecule has 0 fully saturated rings.